The lowest BCUT2D eigenvalue weighted by atomic mass is 10.1. The molecule has 3 N–H and O–H groups in total. The highest BCUT2D eigenvalue weighted by molar-refractivity contribution is 5.85. The summed E-state index contributed by atoms with van der Waals surface area (Å²) in [4.78, 5) is 26.3. The van der Waals surface area contributed by atoms with E-state index in [0.29, 0.717) is 11.2 Å². The molecule has 0 radical (unpaired) electrons. The summed E-state index contributed by atoms with van der Waals surface area (Å²) in [5.41, 5.74) is -0.433. The molecule has 0 bridgehead atoms. The zero-order valence-electron chi connectivity index (χ0n) is 11.9. The predicted octanol–water partition coefficient (Wildman–Crippen LogP) is 1.85. The average molecular weight is 273 g/mol. The first-order valence-corrected chi connectivity index (χ1v) is 6.52. The van der Waals surface area contributed by atoms with Crippen LogP contribution in [-0.4, -0.2) is 23.0 Å². The van der Waals surface area contributed by atoms with Crippen molar-refractivity contribution in [2.24, 2.45) is 0 Å². The number of pyridine rings is 1. The van der Waals surface area contributed by atoms with Crippen LogP contribution in [0.1, 0.15) is 20.8 Å². The first kappa shape index (κ1) is 14.1. The van der Waals surface area contributed by atoms with E-state index >= 15 is 0 Å². The van der Waals surface area contributed by atoms with E-state index in [4.69, 9.17) is 0 Å². The lowest BCUT2D eigenvalue weighted by Gasteiger charge is -2.20. The molecule has 0 fully saturated rings. The molecule has 1 aromatic carbocycles. The number of amides is 1. The third-order valence-electron chi connectivity index (χ3n) is 2.71. The van der Waals surface area contributed by atoms with E-state index in [9.17, 15) is 9.59 Å². The molecule has 5 heteroatoms. The number of aromatic nitrogens is 1. The smallest absolute Gasteiger partial charge is 0.257 e. The highest BCUT2D eigenvalue weighted by atomic mass is 16.2. The van der Waals surface area contributed by atoms with Crippen molar-refractivity contribution >= 4 is 22.5 Å². The Labute approximate surface area is 117 Å². The second-order valence-corrected chi connectivity index (χ2v) is 5.75. The van der Waals surface area contributed by atoms with Gasteiger partial charge in [-0.05, 0) is 38.3 Å². The van der Waals surface area contributed by atoms with Crippen molar-refractivity contribution in [3.05, 3.63) is 40.7 Å². The van der Waals surface area contributed by atoms with Gasteiger partial charge in [-0.2, -0.15) is 0 Å². The van der Waals surface area contributed by atoms with E-state index in [-0.39, 0.29) is 23.6 Å². The van der Waals surface area contributed by atoms with Crippen molar-refractivity contribution in [2.45, 2.75) is 26.3 Å². The third-order valence-corrected chi connectivity index (χ3v) is 2.71. The van der Waals surface area contributed by atoms with Crippen LogP contribution >= 0.6 is 0 Å². The minimum absolute atomic E-state index is 0.117. The molecule has 0 aliphatic carbocycles. The highest BCUT2D eigenvalue weighted by Crippen LogP contribution is 2.12. The lowest BCUT2D eigenvalue weighted by Crippen LogP contribution is -2.43. The minimum atomic E-state index is -0.268. The van der Waals surface area contributed by atoms with Gasteiger partial charge in [0.25, 0.3) is 5.56 Å². The molecule has 2 aromatic rings. The molecule has 5 nitrogen and oxygen atoms in total. The molecule has 2 rings (SSSR count). The van der Waals surface area contributed by atoms with E-state index in [1.807, 2.05) is 45.0 Å². The van der Waals surface area contributed by atoms with Crippen LogP contribution in [0, 0.1) is 0 Å². The molecule has 0 spiro atoms. The Hall–Kier alpha value is -2.30. The Kier molecular flexibility index (Phi) is 3.79. The number of carbonyl (C=O) groups is 1. The summed E-state index contributed by atoms with van der Waals surface area (Å²) in [6, 6.07) is 9.15. The average Bonchev–Trinajstić information content (AvgIpc) is 2.34. The van der Waals surface area contributed by atoms with Crippen LogP contribution in [0.15, 0.2) is 35.1 Å². The largest absolute Gasteiger partial charge is 0.362 e. The van der Waals surface area contributed by atoms with Crippen LogP contribution in [0.2, 0.25) is 0 Å². The zero-order valence-corrected chi connectivity index (χ0v) is 11.9. The molecule has 1 amide bonds. The van der Waals surface area contributed by atoms with Crippen molar-refractivity contribution in [2.75, 3.05) is 11.9 Å². The van der Waals surface area contributed by atoms with Gasteiger partial charge in [-0.25, -0.2) is 0 Å². The van der Waals surface area contributed by atoms with Crippen LogP contribution in [0.3, 0.4) is 0 Å². The zero-order chi connectivity index (χ0) is 14.8. The Morgan fingerprint density at radius 1 is 1.25 bits per heavy atom. The quantitative estimate of drug-likeness (QED) is 0.799. The molecule has 20 heavy (non-hydrogen) atoms. The molecule has 0 atom stereocenters. The highest BCUT2D eigenvalue weighted by Gasteiger charge is 2.13. The van der Waals surface area contributed by atoms with Gasteiger partial charge in [-0.15, -0.1) is 0 Å². The van der Waals surface area contributed by atoms with Gasteiger partial charge >= 0.3 is 0 Å². The number of rotatable bonds is 3. The fourth-order valence-electron chi connectivity index (χ4n) is 1.94. The summed E-state index contributed by atoms with van der Waals surface area (Å²) in [5.74, 6) is 0.421. The second-order valence-electron chi connectivity index (χ2n) is 5.75. The number of H-pyrrole nitrogens is 1. The summed E-state index contributed by atoms with van der Waals surface area (Å²) < 4.78 is 0. The monoisotopic (exact) mass is 273 g/mol. The molecule has 0 unspecified atom stereocenters. The van der Waals surface area contributed by atoms with Crippen molar-refractivity contribution < 1.29 is 4.79 Å². The summed E-state index contributed by atoms with van der Waals surface area (Å²) in [7, 11) is 0. The first-order chi connectivity index (χ1) is 9.35. The first-order valence-electron chi connectivity index (χ1n) is 6.52. The third kappa shape index (κ3) is 3.60. The summed E-state index contributed by atoms with van der Waals surface area (Å²) >= 11 is 0. The van der Waals surface area contributed by atoms with Gasteiger partial charge in [0.2, 0.25) is 5.91 Å². The number of benzene rings is 1. The molecule has 0 saturated carbocycles. The maximum absolute atomic E-state index is 11.9. The molecular weight excluding hydrogens is 254 g/mol. The summed E-state index contributed by atoms with van der Waals surface area (Å²) in [6.07, 6.45) is 0. The molecule has 1 heterocycles. The van der Waals surface area contributed by atoms with E-state index in [1.54, 1.807) is 6.07 Å². The molecule has 106 valence electrons. The van der Waals surface area contributed by atoms with Gasteiger partial charge in [0.15, 0.2) is 0 Å². The van der Waals surface area contributed by atoms with Crippen molar-refractivity contribution in [3.8, 4) is 0 Å². The number of anilines is 1. The lowest BCUT2D eigenvalue weighted by molar-refractivity contribution is -0.120. The van der Waals surface area contributed by atoms with Crippen LogP contribution < -0.4 is 16.2 Å². The predicted molar refractivity (Wildman–Crippen MR) is 81.0 cm³/mol. The Balaban J connectivity index is 2.11. The van der Waals surface area contributed by atoms with Crippen molar-refractivity contribution in [1.29, 1.82) is 0 Å². The topological polar surface area (TPSA) is 74.0 Å². The fraction of sp³-hybridized carbons (Fsp3) is 0.333. The minimum Gasteiger partial charge on any atom is -0.362 e. The maximum atomic E-state index is 11.9. The van der Waals surface area contributed by atoms with Crippen molar-refractivity contribution in [1.82, 2.24) is 10.3 Å². The molecule has 1 aromatic heterocycles. The van der Waals surface area contributed by atoms with Crippen LogP contribution in [0.5, 0.6) is 0 Å². The second kappa shape index (κ2) is 5.36. The number of hydrogen-bond acceptors (Lipinski definition) is 3. The normalized spacial score (nSPS) is 11.3. The van der Waals surface area contributed by atoms with Gasteiger partial charge in [0.05, 0.1) is 6.54 Å². The van der Waals surface area contributed by atoms with Gasteiger partial charge in [0, 0.05) is 10.9 Å². The Bertz CT molecular complexity index is 683. The Morgan fingerprint density at radius 2 is 1.95 bits per heavy atom. The van der Waals surface area contributed by atoms with E-state index in [0.717, 1.165) is 5.39 Å². The SMILES string of the molecule is CC(C)(C)NC(=O)CNc1cc2ccccc2c(=O)[nH]1. The van der Waals surface area contributed by atoms with Gasteiger partial charge in [0.1, 0.15) is 5.82 Å². The van der Waals surface area contributed by atoms with E-state index in [1.165, 1.54) is 0 Å². The molecular formula is C15H19N3O2. The Morgan fingerprint density at radius 3 is 2.65 bits per heavy atom. The van der Waals surface area contributed by atoms with E-state index in [2.05, 4.69) is 15.6 Å². The van der Waals surface area contributed by atoms with E-state index < -0.39 is 0 Å². The number of carbonyl (C=O) groups excluding carboxylic acids is 1. The molecule has 0 aliphatic rings. The van der Waals surface area contributed by atoms with Crippen LogP contribution in [0.25, 0.3) is 10.8 Å². The maximum Gasteiger partial charge on any atom is 0.257 e. The number of hydrogen-bond donors (Lipinski definition) is 3. The number of fused-ring (bicyclic) bond motifs is 1. The molecule has 0 aliphatic heterocycles. The summed E-state index contributed by atoms with van der Waals surface area (Å²) in [5, 5.41) is 7.26. The van der Waals surface area contributed by atoms with Crippen molar-refractivity contribution in [3.63, 3.8) is 0 Å². The molecule has 0 saturated heterocycles. The van der Waals surface area contributed by atoms with Crippen LogP contribution in [0.4, 0.5) is 5.82 Å². The standard InChI is InChI=1S/C15H19N3O2/c1-15(2,3)18-13(19)9-16-12-8-10-6-4-5-7-11(10)14(20)17-12/h4-8H,9H2,1-3H3,(H,18,19)(H2,16,17,20). The van der Waals surface area contributed by atoms with Crippen LogP contribution in [-0.2, 0) is 4.79 Å². The van der Waals surface area contributed by atoms with Gasteiger partial charge in [-0.3, -0.25) is 9.59 Å². The fourth-order valence-corrected chi connectivity index (χ4v) is 1.94. The number of nitrogens with one attached hydrogen (secondary N) is 3. The van der Waals surface area contributed by atoms with Gasteiger partial charge in [-0.1, -0.05) is 18.2 Å². The summed E-state index contributed by atoms with van der Waals surface area (Å²) in [6.45, 7) is 5.87. The number of aromatic amines is 1. The van der Waals surface area contributed by atoms with Gasteiger partial charge < -0.3 is 15.6 Å².